The van der Waals surface area contributed by atoms with Gasteiger partial charge in [0.15, 0.2) is 0 Å². The second kappa shape index (κ2) is 6.78. The predicted molar refractivity (Wildman–Crippen MR) is 87.3 cm³/mol. The minimum atomic E-state index is -3.91. The maximum absolute atomic E-state index is 13.8. The summed E-state index contributed by atoms with van der Waals surface area (Å²) in [5.41, 5.74) is 1.08. The maximum atomic E-state index is 13.8. The number of carbonyl (C=O) groups is 1. The first-order valence-electron chi connectivity index (χ1n) is 7.00. The minimum Gasteiger partial charge on any atom is -0.326 e. The number of halogens is 1. The summed E-state index contributed by atoms with van der Waals surface area (Å²) >= 11 is 0. The predicted octanol–water partition coefficient (Wildman–Crippen LogP) is 3.15. The molecule has 7 heteroatoms. The largest absolute Gasteiger partial charge is 0.326 e. The van der Waals surface area contributed by atoms with Crippen LogP contribution in [0.1, 0.15) is 19.4 Å². The molecule has 0 fully saturated rings. The number of sulfonamides is 1. The summed E-state index contributed by atoms with van der Waals surface area (Å²) in [5, 5.41) is 2.47. The quantitative estimate of drug-likeness (QED) is 0.881. The normalized spacial score (nSPS) is 11.1. The lowest BCUT2D eigenvalue weighted by molar-refractivity contribution is -0.114. The van der Waals surface area contributed by atoms with Gasteiger partial charge in [-0.15, -0.1) is 0 Å². The summed E-state index contributed by atoms with van der Waals surface area (Å²) < 4.78 is 40.7. The van der Waals surface area contributed by atoms with Crippen molar-refractivity contribution < 1.29 is 17.6 Å². The van der Waals surface area contributed by atoms with Gasteiger partial charge < -0.3 is 5.32 Å². The fraction of sp³-hybridized carbons (Fsp3) is 0.188. The SMILES string of the molecule is CCc1ccc(S(=O)(=O)Nc2cc(NC(C)=O)ccc2F)cc1. The molecule has 2 aromatic carbocycles. The molecule has 0 aliphatic carbocycles. The fourth-order valence-corrected chi connectivity index (χ4v) is 3.05. The molecular formula is C16H17FN2O3S. The minimum absolute atomic E-state index is 0.0408. The summed E-state index contributed by atoms with van der Waals surface area (Å²) in [4.78, 5) is 11.1. The Hall–Kier alpha value is -2.41. The van der Waals surface area contributed by atoms with Gasteiger partial charge in [0.1, 0.15) is 5.82 Å². The number of aryl methyl sites for hydroxylation is 1. The summed E-state index contributed by atoms with van der Waals surface area (Å²) in [6, 6.07) is 10.0. The van der Waals surface area contributed by atoms with Crippen LogP contribution in [0.2, 0.25) is 0 Å². The van der Waals surface area contributed by atoms with Gasteiger partial charge in [0.05, 0.1) is 10.6 Å². The third kappa shape index (κ3) is 4.29. The molecule has 0 unspecified atom stereocenters. The average molecular weight is 336 g/mol. The number of carbonyl (C=O) groups excluding carboxylic acids is 1. The van der Waals surface area contributed by atoms with Gasteiger partial charge in [-0.3, -0.25) is 9.52 Å². The van der Waals surface area contributed by atoms with Gasteiger partial charge >= 0.3 is 0 Å². The molecule has 0 atom stereocenters. The first kappa shape index (κ1) is 17.0. The number of rotatable bonds is 5. The van der Waals surface area contributed by atoms with Gasteiger partial charge in [-0.2, -0.15) is 0 Å². The molecule has 0 bridgehead atoms. The topological polar surface area (TPSA) is 75.3 Å². The van der Waals surface area contributed by atoms with E-state index in [1.807, 2.05) is 6.92 Å². The van der Waals surface area contributed by atoms with Gasteiger partial charge in [0, 0.05) is 12.6 Å². The molecule has 0 aliphatic rings. The van der Waals surface area contributed by atoms with Gasteiger partial charge in [-0.25, -0.2) is 12.8 Å². The van der Waals surface area contributed by atoms with Crippen LogP contribution in [-0.2, 0) is 21.2 Å². The Morgan fingerprint density at radius 3 is 2.35 bits per heavy atom. The van der Waals surface area contributed by atoms with Gasteiger partial charge in [-0.05, 0) is 42.3 Å². The van der Waals surface area contributed by atoms with Gasteiger partial charge in [-0.1, -0.05) is 19.1 Å². The van der Waals surface area contributed by atoms with Crippen molar-refractivity contribution in [2.24, 2.45) is 0 Å². The third-order valence-electron chi connectivity index (χ3n) is 3.17. The van der Waals surface area contributed by atoms with Crippen LogP contribution in [0.4, 0.5) is 15.8 Å². The zero-order chi connectivity index (χ0) is 17.0. The lowest BCUT2D eigenvalue weighted by atomic mass is 10.2. The lowest BCUT2D eigenvalue weighted by Gasteiger charge is -2.11. The molecule has 2 N–H and O–H groups in total. The standard InChI is InChI=1S/C16H17FN2O3S/c1-3-12-4-7-14(8-5-12)23(21,22)19-16-10-13(18-11(2)20)6-9-15(16)17/h4-10,19H,3H2,1-2H3,(H,18,20). The van der Waals surface area contributed by atoms with Gasteiger partial charge in [0.25, 0.3) is 10.0 Å². The molecule has 0 aromatic heterocycles. The molecule has 0 saturated carbocycles. The molecule has 23 heavy (non-hydrogen) atoms. The van der Waals surface area contributed by atoms with Crippen molar-refractivity contribution in [1.82, 2.24) is 0 Å². The molecule has 1 amide bonds. The second-order valence-corrected chi connectivity index (χ2v) is 6.66. The average Bonchev–Trinajstić information content (AvgIpc) is 2.50. The Kier molecular flexibility index (Phi) is 5.00. The molecule has 0 aliphatic heterocycles. The number of hydrogen-bond donors (Lipinski definition) is 2. The van der Waals surface area contributed by atoms with Crippen LogP contribution in [0.25, 0.3) is 0 Å². The Bertz CT molecular complexity index is 818. The monoisotopic (exact) mass is 336 g/mol. The van der Waals surface area contributed by atoms with Crippen LogP contribution in [0.3, 0.4) is 0 Å². The Morgan fingerprint density at radius 1 is 1.13 bits per heavy atom. The molecule has 122 valence electrons. The highest BCUT2D eigenvalue weighted by Gasteiger charge is 2.16. The molecule has 0 heterocycles. The highest BCUT2D eigenvalue weighted by molar-refractivity contribution is 7.92. The maximum Gasteiger partial charge on any atom is 0.261 e. The van der Waals surface area contributed by atoms with E-state index in [0.29, 0.717) is 5.69 Å². The molecular weight excluding hydrogens is 319 g/mol. The van der Waals surface area contributed by atoms with Crippen LogP contribution in [-0.4, -0.2) is 14.3 Å². The summed E-state index contributed by atoms with van der Waals surface area (Å²) in [6.07, 6.45) is 0.793. The Labute approximate surface area is 134 Å². The van der Waals surface area contributed by atoms with Crippen molar-refractivity contribution in [1.29, 1.82) is 0 Å². The van der Waals surface area contributed by atoms with Crippen molar-refractivity contribution in [3.63, 3.8) is 0 Å². The van der Waals surface area contributed by atoms with Crippen molar-refractivity contribution >= 4 is 27.3 Å². The number of hydrogen-bond acceptors (Lipinski definition) is 3. The first-order chi connectivity index (χ1) is 10.8. The van der Waals surface area contributed by atoms with Crippen molar-refractivity contribution in [3.05, 3.63) is 53.8 Å². The Balaban J connectivity index is 2.30. The Morgan fingerprint density at radius 2 is 1.78 bits per heavy atom. The highest BCUT2D eigenvalue weighted by atomic mass is 32.2. The van der Waals surface area contributed by atoms with E-state index < -0.39 is 15.8 Å². The van der Waals surface area contributed by atoms with Crippen LogP contribution >= 0.6 is 0 Å². The van der Waals surface area contributed by atoms with Gasteiger partial charge in [0.2, 0.25) is 5.91 Å². The number of benzene rings is 2. The first-order valence-corrected chi connectivity index (χ1v) is 8.49. The zero-order valence-electron chi connectivity index (χ0n) is 12.8. The molecule has 2 aromatic rings. The summed E-state index contributed by atoms with van der Waals surface area (Å²) in [5.74, 6) is -1.06. The van der Waals surface area contributed by atoms with E-state index >= 15 is 0 Å². The highest BCUT2D eigenvalue weighted by Crippen LogP contribution is 2.23. The fourth-order valence-electron chi connectivity index (χ4n) is 1.99. The number of anilines is 2. The van der Waals surface area contributed by atoms with Crippen molar-refractivity contribution in [2.75, 3.05) is 10.0 Å². The summed E-state index contributed by atoms with van der Waals surface area (Å²) in [7, 11) is -3.91. The van der Waals surface area contributed by atoms with E-state index in [0.717, 1.165) is 18.1 Å². The third-order valence-corrected chi connectivity index (χ3v) is 4.55. The number of amides is 1. The van der Waals surface area contributed by atoms with E-state index in [-0.39, 0.29) is 16.5 Å². The van der Waals surface area contributed by atoms with E-state index in [4.69, 9.17) is 0 Å². The van der Waals surface area contributed by atoms with Crippen LogP contribution < -0.4 is 10.0 Å². The van der Waals surface area contributed by atoms with E-state index in [1.54, 1.807) is 12.1 Å². The smallest absolute Gasteiger partial charge is 0.261 e. The molecule has 5 nitrogen and oxygen atoms in total. The zero-order valence-corrected chi connectivity index (χ0v) is 13.6. The van der Waals surface area contributed by atoms with E-state index in [1.165, 1.54) is 31.2 Å². The molecule has 0 spiro atoms. The van der Waals surface area contributed by atoms with E-state index in [2.05, 4.69) is 10.0 Å². The van der Waals surface area contributed by atoms with Crippen LogP contribution in [0.5, 0.6) is 0 Å². The molecule has 0 radical (unpaired) electrons. The second-order valence-electron chi connectivity index (χ2n) is 4.98. The van der Waals surface area contributed by atoms with Crippen LogP contribution in [0.15, 0.2) is 47.4 Å². The van der Waals surface area contributed by atoms with Crippen molar-refractivity contribution in [3.8, 4) is 0 Å². The van der Waals surface area contributed by atoms with Crippen LogP contribution in [0, 0.1) is 5.82 Å². The molecule has 2 rings (SSSR count). The summed E-state index contributed by atoms with van der Waals surface area (Å²) in [6.45, 7) is 3.27. The number of nitrogens with one attached hydrogen (secondary N) is 2. The molecule has 0 saturated heterocycles. The lowest BCUT2D eigenvalue weighted by Crippen LogP contribution is -2.14. The van der Waals surface area contributed by atoms with Crippen molar-refractivity contribution in [2.45, 2.75) is 25.2 Å². The van der Waals surface area contributed by atoms with E-state index in [9.17, 15) is 17.6 Å².